The van der Waals surface area contributed by atoms with Crippen molar-refractivity contribution in [2.45, 2.75) is 26.3 Å². The van der Waals surface area contributed by atoms with Crippen LogP contribution in [0, 0.1) is 5.92 Å². The molecule has 0 saturated carbocycles. The van der Waals surface area contributed by atoms with E-state index in [9.17, 15) is 0 Å². The van der Waals surface area contributed by atoms with Crippen LogP contribution in [0.15, 0.2) is 45.2 Å². The van der Waals surface area contributed by atoms with Gasteiger partial charge in [0.15, 0.2) is 0 Å². The van der Waals surface area contributed by atoms with Gasteiger partial charge in [0.2, 0.25) is 0 Å². The van der Waals surface area contributed by atoms with Gasteiger partial charge in [-0.3, -0.25) is 0 Å². The van der Waals surface area contributed by atoms with E-state index in [0.717, 1.165) is 0 Å². The van der Waals surface area contributed by atoms with E-state index < -0.39 is 0 Å². The molecular weight excluding hydrogens is 297 g/mol. The Balaban J connectivity index is 2.40. The predicted octanol–water partition coefficient (Wildman–Crippen LogP) is 3.70. The zero-order valence-electron chi connectivity index (χ0n) is 9.34. The maximum absolute atomic E-state index is 3.55. The summed E-state index contributed by atoms with van der Waals surface area (Å²) in [5, 5.41) is 3.55. The van der Waals surface area contributed by atoms with Gasteiger partial charge < -0.3 is 5.32 Å². The maximum atomic E-state index is 3.55. The molecule has 0 radical (unpaired) electrons. The number of allylic oxidation sites excluding steroid dienone is 6. The Bertz CT molecular complexity index is 397. The molecule has 0 aromatic rings. The molecule has 0 bridgehead atoms. The molecule has 1 aliphatic carbocycles. The maximum Gasteiger partial charge on any atom is 0.0503 e. The Kier molecular flexibility index (Phi) is 2.79. The van der Waals surface area contributed by atoms with Crippen LogP contribution in [0.5, 0.6) is 0 Å². The molecular formula is C13H16IN. The predicted molar refractivity (Wildman–Crippen MR) is 73.8 cm³/mol. The summed E-state index contributed by atoms with van der Waals surface area (Å²) in [5.74, 6) is 0.488. The zero-order chi connectivity index (χ0) is 11.1. The van der Waals surface area contributed by atoms with Crippen LogP contribution in [0.2, 0.25) is 0 Å². The van der Waals surface area contributed by atoms with Gasteiger partial charge in [0.1, 0.15) is 0 Å². The summed E-state index contributed by atoms with van der Waals surface area (Å²) in [6.45, 7) is 6.62. The first kappa shape index (κ1) is 11.0. The third-order valence-corrected chi connectivity index (χ3v) is 3.48. The molecule has 0 aromatic carbocycles. The van der Waals surface area contributed by atoms with E-state index in [2.05, 4.69) is 79.1 Å². The Labute approximate surface area is 105 Å². The highest BCUT2D eigenvalue weighted by Crippen LogP contribution is 2.30. The van der Waals surface area contributed by atoms with Gasteiger partial charge in [-0.25, -0.2) is 0 Å². The third-order valence-electron chi connectivity index (χ3n) is 2.76. The molecule has 1 atom stereocenters. The first-order chi connectivity index (χ1) is 6.98. The van der Waals surface area contributed by atoms with Crippen molar-refractivity contribution in [2.24, 2.45) is 5.92 Å². The van der Waals surface area contributed by atoms with Crippen molar-refractivity contribution in [3.63, 3.8) is 0 Å². The number of dihydropyridines is 1. The normalized spacial score (nSPS) is 28.0. The lowest BCUT2D eigenvalue weighted by Crippen LogP contribution is -2.39. The molecule has 2 rings (SSSR count). The summed E-state index contributed by atoms with van der Waals surface area (Å²) >= 11 is 2.37. The van der Waals surface area contributed by atoms with E-state index in [1.165, 1.54) is 14.8 Å². The van der Waals surface area contributed by atoms with E-state index in [1.807, 2.05) is 0 Å². The quantitative estimate of drug-likeness (QED) is 0.672. The van der Waals surface area contributed by atoms with Crippen LogP contribution in [0.25, 0.3) is 0 Å². The van der Waals surface area contributed by atoms with Crippen molar-refractivity contribution < 1.29 is 0 Å². The van der Waals surface area contributed by atoms with E-state index in [1.54, 1.807) is 0 Å². The van der Waals surface area contributed by atoms with E-state index in [0.29, 0.717) is 5.92 Å². The van der Waals surface area contributed by atoms with Crippen LogP contribution in [0.1, 0.15) is 20.8 Å². The molecule has 1 nitrogen and oxygen atoms in total. The minimum absolute atomic E-state index is 0.0681. The fourth-order valence-electron chi connectivity index (χ4n) is 1.93. The van der Waals surface area contributed by atoms with Gasteiger partial charge in [-0.2, -0.15) is 0 Å². The lowest BCUT2D eigenvalue weighted by Gasteiger charge is -2.30. The van der Waals surface area contributed by atoms with Gasteiger partial charge in [0.25, 0.3) is 0 Å². The number of hydrogen-bond acceptors (Lipinski definition) is 1. The van der Waals surface area contributed by atoms with Crippen LogP contribution >= 0.6 is 22.6 Å². The Hall–Kier alpha value is -0.510. The van der Waals surface area contributed by atoms with Gasteiger partial charge in [-0.05, 0) is 54.2 Å². The number of halogens is 1. The SMILES string of the molecule is CC1C=C(I)C=CC2=C1C=CC(C)(C)N2. The molecule has 15 heavy (non-hydrogen) atoms. The van der Waals surface area contributed by atoms with Gasteiger partial charge in [0.05, 0.1) is 5.54 Å². The highest BCUT2D eigenvalue weighted by Gasteiger charge is 2.22. The minimum atomic E-state index is 0.0681. The largest absolute Gasteiger partial charge is 0.376 e. The number of nitrogens with one attached hydrogen (secondary N) is 1. The van der Waals surface area contributed by atoms with Crippen molar-refractivity contribution in [1.82, 2.24) is 5.32 Å². The molecule has 2 aliphatic rings. The van der Waals surface area contributed by atoms with Crippen LogP contribution in [-0.4, -0.2) is 5.54 Å². The lowest BCUT2D eigenvalue weighted by atomic mass is 9.91. The van der Waals surface area contributed by atoms with Crippen molar-refractivity contribution >= 4 is 22.6 Å². The first-order valence-corrected chi connectivity index (χ1v) is 6.33. The Morgan fingerprint density at radius 1 is 1.27 bits per heavy atom. The molecule has 0 saturated heterocycles. The summed E-state index contributed by atoms with van der Waals surface area (Å²) in [5.41, 5.74) is 2.72. The Morgan fingerprint density at radius 2 is 2.00 bits per heavy atom. The summed E-state index contributed by atoms with van der Waals surface area (Å²) in [6.07, 6.45) is 11.1. The minimum Gasteiger partial charge on any atom is -0.376 e. The molecule has 0 fully saturated rings. The smallest absolute Gasteiger partial charge is 0.0503 e. The van der Waals surface area contributed by atoms with E-state index in [-0.39, 0.29) is 5.54 Å². The summed E-state index contributed by atoms with van der Waals surface area (Å²) in [7, 11) is 0. The summed E-state index contributed by atoms with van der Waals surface area (Å²) in [4.78, 5) is 0. The van der Waals surface area contributed by atoms with Crippen LogP contribution in [0.3, 0.4) is 0 Å². The standard InChI is InChI=1S/C13H16IN/c1-9-8-10(14)4-5-12-11(9)6-7-13(2,3)15-12/h4-9,15H,1-3H3. The summed E-state index contributed by atoms with van der Waals surface area (Å²) in [6, 6.07) is 0. The van der Waals surface area contributed by atoms with Gasteiger partial charge in [-0.15, -0.1) is 0 Å². The van der Waals surface area contributed by atoms with Crippen LogP contribution in [0.4, 0.5) is 0 Å². The van der Waals surface area contributed by atoms with Crippen molar-refractivity contribution in [3.05, 3.63) is 45.2 Å². The molecule has 1 heterocycles. The molecule has 1 unspecified atom stereocenters. The van der Waals surface area contributed by atoms with E-state index in [4.69, 9.17) is 0 Å². The fraction of sp³-hybridized carbons (Fsp3) is 0.385. The highest BCUT2D eigenvalue weighted by molar-refractivity contribution is 14.1. The average Bonchev–Trinajstić information content (AvgIpc) is 2.24. The van der Waals surface area contributed by atoms with Gasteiger partial charge in [0, 0.05) is 15.2 Å². The van der Waals surface area contributed by atoms with E-state index >= 15 is 0 Å². The second-order valence-corrected chi connectivity index (χ2v) is 5.97. The molecule has 1 N–H and O–H groups in total. The molecule has 0 spiro atoms. The molecule has 2 heteroatoms. The average molecular weight is 313 g/mol. The van der Waals surface area contributed by atoms with Gasteiger partial charge in [-0.1, -0.05) is 25.2 Å². The second-order valence-electron chi connectivity index (χ2n) is 4.72. The van der Waals surface area contributed by atoms with Gasteiger partial charge >= 0.3 is 0 Å². The topological polar surface area (TPSA) is 12.0 Å². The van der Waals surface area contributed by atoms with Crippen molar-refractivity contribution in [3.8, 4) is 0 Å². The van der Waals surface area contributed by atoms with Crippen molar-refractivity contribution in [2.75, 3.05) is 0 Å². The third kappa shape index (κ3) is 2.36. The fourth-order valence-corrected chi connectivity index (χ4v) is 2.65. The van der Waals surface area contributed by atoms with Crippen LogP contribution < -0.4 is 5.32 Å². The van der Waals surface area contributed by atoms with Crippen molar-refractivity contribution in [1.29, 1.82) is 0 Å². The zero-order valence-corrected chi connectivity index (χ0v) is 11.5. The molecule has 80 valence electrons. The summed E-state index contributed by atoms with van der Waals surface area (Å²) < 4.78 is 1.31. The van der Waals surface area contributed by atoms with Crippen LogP contribution in [-0.2, 0) is 0 Å². The molecule has 1 aliphatic heterocycles. The number of rotatable bonds is 0. The highest BCUT2D eigenvalue weighted by atomic mass is 127. The molecule has 0 aromatic heterocycles. The lowest BCUT2D eigenvalue weighted by molar-refractivity contribution is 0.523. The first-order valence-electron chi connectivity index (χ1n) is 5.25. The number of hydrogen-bond donors (Lipinski definition) is 1. The molecule has 0 amide bonds. The Morgan fingerprint density at radius 3 is 2.73 bits per heavy atom. The second kappa shape index (κ2) is 3.81. The monoisotopic (exact) mass is 313 g/mol.